The minimum Gasteiger partial charge on any atom is -0.497 e. The van der Waals surface area contributed by atoms with Crippen LogP contribution in [0.4, 0.5) is 0 Å². The Morgan fingerprint density at radius 3 is 2.30 bits per heavy atom. The van der Waals surface area contributed by atoms with Gasteiger partial charge in [-0.05, 0) is 86.6 Å². The molecule has 30 heavy (non-hydrogen) atoms. The molecule has 0 radical (unpaired) electrons. The van der Waals surface area contributed by atoms with E-state index in [0.29, 0.717) is 29.6 Å². The molecule has 0 saturated carbocycles. The van der Waals surface area contributed by atoms with E-state index in [9.17, 15) is 4.79 Å². The Labute approximate surface area is 178 Å². The van der Waals surface area contributed by atoms with Gasteiger partial charge in [-0.3, -0.25) is 0 Å². The molecule has 1 aliphatic carbocycles. The zero-order valence-electron chi connectivity index (χ0n) is 17.5. The number of carbonyl (C=O) groups excluding carboxylic acids is 1. The predicted octanol–water partition coefficient (Wildman–Crippen LogP) is 5.45. The number of esters is 1. The highest BCUT2D eigenvalue weighted by Crippen LogP contribution is 2.20. The first-order chi connectivity index (χ1) is 14.7. The molecule has 1 atom stereocenters. The molecule has 1 aliphatic rings. The van der Waals surface area contributed by atoms with E-state index in [-0.39, 0.29) is 0 Å². The standard InChI is InChI=1S/C25H30O5/c1-27-22-13-15-24(16-14-22)30-25(26)21-9-11-23(12-10-21)29-18-6-5-17-28-19-20-7-3-2-4-8-20/h2-3,9-16,20H,4-8,17-19H2,1H3. The summed E-state index contributed by atoms with van der Waals surface area (Å²) >= 11 is 0. The summed E-state index contributed by atoms with van der Waals surface area (Å²) in [6.07, 6.45) is 10.00. The Bertz CT molecular complexity index is 795. The normalized spacial score (nSPS) is 15.6. The lowest BCUT2D eigenvalue weighted by atomic mass is 9.95. The summed E-state index contributed by atoms with van der Waals surface area (Å²) in [5.41, 5.74) is 0.476. The molecule has 0 aromatic heterocycles. The van der Waals surface area contributed by atoms with Gasteiger partial charge in [0.15, 0.2) is 0 Å². The van der Waals surface area contributed by atoms with Gasteiger partial charge in [-0.25, -0.2) is 4.79 Å². The zero-order valence-corrected chi connectivity index (χ0v) is 17.5. The average molecular weight is 411 g/mol. The molecule has 0 bridgehead atoms. The van der Waals surface area contributed by atoms with E-state index in [2.05, 4.69) is 12.2 Å². The number of methoxy groups -OCH3 is 1. The van der Waals surface area contributed by atoms with Crippen LogP contribution in [-0.4, -0.2) is 32.9 Å². The van der Waals surface area contributed by atoms with Crippen LogP contribution in [0.5, 0.6) is 17.2 Å². The van der Waals surface area contributed by atoms with Gasteiger partial charge in [0.25, 0.3) is 0 Å². The van der Waals surface area contributed by atoms with Crippen LogP contribution in [0.1, 0.15) is 42.5 Å². The van der Waals surface area contributed by atoms with E-state index in [1.54, 1.807) is 55.6 Å². The summed E-state index contributed by atoms with van der Waals surface area (Å²) in [7, 11) is 1.59. The highest BCUT2D eigenvalue weighted by Gasteiger charge is 2.10. The zero-order chi connectivity index (χ0) is 21.0. The summed E-state index contributed by atoms with van der Waals surface area (Å²) < 4.78 is 22.0. The van der Waals surface area contributed by atoms with Crippen molar-refractivity contribution >= 4 is 5.97 Å². The van der Waals surface area contributed by atoms with Gasteiger partial charge < -0.3 is 18.9 Å². The molecule has 5 nitrogen and oxygen atoms in total. The number of benzene rings is 2. The van der Waals surface area contributed by atoms with Crippen LogP contribution in [0, 0.1) is 5.92 Å². The first-order valence-electron chi connectivity index (χ1n) is 10.6. The molecule has 1 unspecified atom stereocenters. The van der Waals surface area contributed by atoms with E-state index in [4.69, 9.17) is 18.9 Å². The lowest BCUT2D eigenvalue weighted by Crippen LogP contribution is -2.12. The maximum atomic E-state index is 12.2. The molecule has 160 valence electrons. The van der Waals surface area contributed by atoms with Crippen LogP contribution in [0.2, 0.25) is 0 Å². The highest BCUT2D eigenvalue weighted by molar-refractivity contribution is 5.91. The van der Waals surface area contributed by atoms with Gasteiger partial charge in [0.2, 0.25) is 0 Å². The molecule has 0 fully saturated rings. The third-order valence-electron chi connectivity index (χ3n) is 5.04. The summed E-state index contributed by atoms with van der Waals surface area (Å²) in [5, 5.41) is 0. The number of hydrogen-bond donors (Lipinski definition) is 0. The average Bonchev–Trinajstić information content (AvgIpc) is 2.80. The molecular formula is C25H30O5. The summed E-state index contributed by atoms with van der Waals surface area (Å²) in [5.74, 6) is 2.21. The highest BCUT2D eigenvalue weighted by atomic mass is 16.5. The Balaban J connectivity index is 1.31. The predicted molar refractivity (Wildman–Crippen MR) is 116 cm³/mol. The van der Waals surface area contributed by atoms with Crippen molar-refractivity contribution in [1.29, 1.82) is 0 Å². The molecular weight excluding hydrogens is 380 g/mol. The number of unbranched alkanes of at least 4 members (excludes halogenated alkanes) is 1. The van der Waals surface area contributed by atoms with Crippen molar-refractivity contribution in [2.24, 2.45) is 5.92 Å². The maximum Gasteiger partial charge on any atom is 0.343 e. The van der Waals surface area contributed by atoms with Gasteiger partial charge in [-0.2, -0.15) is 0 Å². The number of allylic oxidation sites excluding steroid dienone is 2. The van der Waals surface area contributed by atoms with E-state index in [1.165, 1.54) is 12.8 Å². The van der Waals surface area contributed by atoms with Crippen LogP contribution in [0.25, 0.3) is 0 Å². The molecule has 2 aromatic rings. The Morgan fingerprint density at radius 2 is 1.60 bits per heavy atom. The van der Waals surface area contributed by atoms with Gasteiger partial charge >= 0.3 is 5.97 Å². The molecule has 5 heteroatoms. The van der Waals surface area contributed by atoms with Crippen LogP contribution in [0.3, 0.4) is 0 Å². The van der Waals surface area contributed by atoms with E-state index >= 15 is 0 Å². The largest absolute Gasteiger partial charge is 0.497 e. The van der Waals surface area contributed by atoms with Gasteiger partial charge in [-0.1, -0.05) is 12.2 Å². The number of hydrogen-bond acceptors (Lipinski definition) is 5. The molecule has 2 aromatic carbocycles. The van der Waals surface area contributed by atoms with Crippen molar-refractivity contribution in [3.8, 4) is 17.2 Å². The number of rotatable bonds is 11. The minimum atomic E-state index is -0.405. The third-order valence-corrected chi connectivity index (χ3v) is 5.04. The number of carbonyl (C=O) groups is 1. The van der Waals surface area contributed by atoms with Crippen molar-refractivity contribution in [2.45, 2.75) is 32.1 Å². The molecule has 0 aliphatic heterocycles. The van der Waals surface area contributed by atoms with Crippen LogP contribution in [-0.2, 0) is 4.74 Å². The lowest BCUT2D eigenvalue weighted by Gasteiger charge is -2.17. The van der Waals surface area contributed by atoms with Crippen LogP contribution >= 0.6 is 0 Å². The second kappa shape index (κ2) is 12.0. The second-order valence-corrected chi connectivity index (χ2v) is 7.37. The Morgan fingerprint density at radius 1 is 0.900 bits per heavy atom. The van der Waals surface area contributed by atoms with Gasteiger partial charge in [0.1, 0.15) is 17.2 Å². The molecule has 3 rings (SSSR count). The van der Waals surface area contributed by atoms with Gasteiger partial charge in [0, 0.05) is 13.2 Å². The molecule has 0 spiro atoms. The van der Waals surface area contributed by atoms with E-state index in [0.717, 1.165) is 38.2 Å². The summed E-state index contributed by atoms with van der Waals surface area (Å²) in [6.45, 7) is 2.27. The molecule has 0 saturated heterocycles. The minimum absolute atomic E-state index is 0.405. The summed E-state index contributed by atoms with van der Waals surface area (Å²) in [4.78, 5) is 12.2. The molecule has 0 amide bonds. The van der Waals surface area contributed by atoms with E-state index in [1.807, 2.05) is 0 Å². The lowest BCUT2D eigenvalue weighted by molar-refractivity contribution is 0.0734. The van der Waals surface area contributed by atoms with Gasteiger partial charge in [0.05, 0.1) is 19.3 Å². The SMILES string of the molecule is COc1ccc(OC(=O)c2ccc(OCCCCOCC3CC=CCC3)cc2)cc1. The third kappa shape index (κ3) is 7.23. The summed E-state index contributed by atoms with van der Waals surface area (Å²) in [6, 6.07) is 13.9. The van der Waals surface area contributed by atoms with Gasteiger partial charge in [-0.15, -0.1) is 0 Å². The van der Waals surface area contributed by atoms with E-state index < -0.39 is 5.97 Å². The van der Waals surface area contributed by atoms with Crippen molar-refractivity contribution in [2.75, 3.05) is 26.9 Å². The van der Waals surface area contributed by atoms with Crippen molar-refractivity contribution < 1.29 is 23.7 Å². The fraction of sp³-hybridized carbons (Fsp3) is 0.400. The smallest absolute Gasteiger partial charge is 0.343 e. The van der Waals surface area contributed by atoms with Crippen molar-refractivity contribution in [3.05, 3.63) is 66.2 Å². The maximum absolute atomic E-state index is 12.2. The Hall–Kier alpha value is -2.79. The van der Waals surface area contributed by atoms with Crippen molar-refractivity contribution in [3.63, 3.8) is 0 Å². The van der Waals surface area contributed by atoms with Crippen molar-refractivity contribution in [1.82, 2.24) is 0 Å². The fourth-order valence-electron chi connectivity index (χ4n) is 3.25. The fourth-order valence-corrected chi connectivity index (χ4v) is 3.25. The monoisotopic (exact) mass is 410 g/mol. The quantitative estimate of drug-likeness (QED) is 0.213. The number of ether oxygens (including phenoxy) is 4. The Kier molecular flexibility index (Phi) is 8.79. The second-order valence-electron chi connectivity index (χ2n) is 7.37. The van der Waals surface area contributed by atoms with Crippen LogP contribution < -0.4 is 14.2 Å². The molecule has 0 heterocycles. The van der Waals surface area contributed by atoms with Crippen LogP contribution in [0.15, 0.2) is 60.7 Å². The first kappa shape index (κ1) is 21.9. The molecule has 0 N–H and O–H groups in total. The first-order valence-corrected chi connectivity index (χ1v) is 10.6. The topological polar surface area (TPSA) is 54.0 Å².